The highest BCUT2D eigenvalue weighted by Gasteiger charge is 2.30. The summed E-state index contributed by atoms with van der Waals surface area (Å²) in [6, 6.07) is 15.5. The van der Waals surface area contributed by atoms with Crippen LogP contribution in [0.3, 0.4) is 0 Å². The molecule has 2 aromatic rings. The quantitative estimate of drug-likeness (QED) is 0.462. The maximum Gasteiger partial charge on any atom is 0.338 e. The number of nitrogens with zero attached hydrogens (tertiary/aromatic N) is 1. The van der Waals surface area contributed by atoms with Crippen molar-refractivity contribution >= 4 is 17.6 Å². The first kappa shape index (κ1) is 23.1. The number of amides is 1. The van der Waals surface area contributed by atoms with Crippen LogP contribution in [0.15, 0.2) is 59.7 Å². The summed E-state index contributed by atoms with van der Waals surface area (Å²) in [6.07, 6.45) is 6.21. The van der Waals surface area contributed by atoms with Gasteiger partial charge in [-0.1, -0.05) is 48.4 Å². The van der Waals surface area contributed by atoms with Crippen LogP contribution >= 0.6 is 0 Å². The highest BCUT2D eigenvalue weighted by atomic mass is 16.5. The molecular formula is C28H34N2O3. The van der Waals surface area contributed by atoms with Gasteiger partial charge in [0.15, 0.2) is 0 Å². The predicted octanol–water partition coefficient (Wildman–Crippen LogP) is 5.32. The highest BCUT2D eigenvalue weighted by Crippen LogP contribution is 2.40. The maximum atomic E-state index is 12.6. The molecule has 5 nitrogen and oxygen atoms in total. The second-order valence-corrected chi connectivity index (χ2v) is 9.16. The molecule has 0 radical (unpaired) electrons. The average Bonchev–Trinajstić information content (AvgIpc) is 2.84. The van der Waals surface area contributed by atoms with E-state index in [0.29, 0.717) is 12.2 Å². The first-order chi connectivity index (χ1) is 16.0. The van der Waals surface area contributed by atoms with Gasteiger partial charge in [0.25, 0.3) is 0 Å². The predicted molar refractivity (Wildman–Crippen MR) is 132 cm³/mol. The molecule has 0 spiro atoms. The maximum absolute atomic E-state index is 12.6. The number of hydrogen-bond acceptors (Lipinski definition) is 4. The lowest BCUT2D eigenvalue weighted by atomic mass is 9.80. The summed E-state index contributed by atoms with van der Waals surface area (Å²) in [5.74, 6) is -1.32. The van der Waals surface area contributed by atoms with Crippen LogP contribution in [0, 0.1) is 0 Å². The van der Waals surface area contributed by atoms with Crippen molar-refractivity contribution in [2.45, 2.75) is 57.8 Å². The molecule has 1 aliphatic carbocycles. The van der Waals surface area contributed by atoms with E-state index in [2.05, 4.69) is 30.0 Å². The Hall–Kier alpha value is -3.08. The fourth-order valence-electron chi connectivity index (χ4n) is 5.39. The van der Waals surface area contributed by atoms with E-state index in [9.17, 15) is 9.59 Å². The molecule has 0 bridgehead atoms. The molecule has 5 heteroatoms. The normalized spacial score (nSPS) is 17.8. The topological polar surface area (TPSA) is 72.6 Å². The monoisotopic (exact) mass is 446 g/mol. The Morgan fingerprint density at radius 2 is 1.70 bits per heavy atom. The lowest BCUT2D eigenvalue weighted by molar-refractivity contribution is -0.119. The van der Waals surface area contributed by atoms with Crippen molar-refractivity contribution < 1.29 is 14.3 Å². The number of nitrogens with two attached hydrogens (primary N) is 1. The van der Waals surface area contributed by atoms with Crippen molar-refractivity contribution in [2.24, 2.45) is 5.73 Å². The number of carbonyl (C=O) groups excluding carboxylic acids is 2. The fourth-order valence-corrected chi connectivity index (χ4v) is 5.39. The number of carbonyl (C=O) groups is 2. The Balaban J connectivity index is 1.61. The number of esters is 1. The zero-order chi connectivity index (χ0) is 23.4. The molecule has 1 aliphatic heterocycles. The first-order valence-corrected chi connectivity index (χ1v) is 12.1. The molecule has 0 fully saturated rings. The van der Waals surface area contributed by atoms with Crippen LogP contribution in [-0.4, -0.2) is 31.6 Å². The number of rotatable bonds is 7. The Labute approximate surface area is 196 Å². The van der Waals surface area contributed by atoms with E-state index in [1.807, 2.05) is 18.2 Å². The largest absolute Gasteiger partial charge is 0.462 e. The molecule has 174 valence electrons. The van der Waals surface area contributed by atoms with Crippen LogP contribution in [0.1, 0.15) is 79.3 Å². The molecule has 2 atom stereocenters. The molecular weight excluding hydrogens is 412 g/mol. The number of ether oxygens (including phenoxy) is 1. The molecule has 0 aromatic heterocycles. The summed E-state index contributed by atoms with van der Waals surface area (Å²) < 4.78 is 5.07. The van der Waals surface area contributed by atoms with Gasteiger partial charge < -0.3 is 15.4 Å². The Morgan fingerprint density at radius 1 is 1.00 bits per heavy atom. The minimum atomic E-state index is -0.489. The van der Waals surface area contributed by atoms with Crippen molar-refractivity contribution in [3.63, 3.8) is 0 Å². The minimum Gasteiger partial charge on any atom is -0.462 e. The van der Waals surface area contributed by atoms with E-state index >= 15 is 0 Å². The smallest absolute Gasteiger partial charge is 0.338 e. The van der Waals surface area contributed by atoms with E-state index in [0.717, 1.165) is 30.6 Å². The van der Waals surface area contributed by atoms with Gasteiger partial charge >= 0.3 is 5.97 Å². The summed E-state index contributed by atoms with van der Waals surface area (Å²) in [6.45, 7) is 6.17. The summed E-state index contributed by atoms with van der Waals surface area (Å²) >= 11 is 0. The fraction of sp³-hybridized carbons (Fsp3) is 0.429. The molecule has 2 aromatic carbocycles. The minimum absolute atomic E-state index is 0.103. The van der Waals surface area contributed by atoms with Gasteiger partial charge in [-0.3, -0.25) is 4.79 Å². The van der Waals surface area contributed by atoms with E-state index in [-0.39, 0.29) is 17.8 Å². The third kappa shape index (κ3) is 4.97. The zero-order valence-corrected chi connectivity index (χ0v) is 19.7. The lowest BCUT2D eigenvalue weighted by Gasteiger charge is -2.37. The van der Waals surface area contributed by atoms with E-state index in [1.165, 1.54) is 31.4 Å². The van der Waals surface area contributed by atoms with Gasteiger partial charge in [-0.15, -0.1) is 0 Å². The van der Waals surface area contributed by atoms with E-state index in [4.69, 9.17) is 10.5 Å². The number of benzene rings is 2. The summed E-state index contributed by atoms with van der Waals surface area (Å²) in [5.41, 5.74) is 12.8. The standard InChI is InChI=1S/C28H34N2O3/c1-3-33-28(32)22-14-12-21(13-15-22)26(27(29)31)19(2)24-10-6-7-11-25(24)30-17-16-20-8-4-5-9-23(20)18-30/h6-7,10-15,19,26H,3-5,8-9,16-18H2,1-2H3,(H2,29,31). The van der Waals surface area contributed by atoms with Crippen LogP contribution in [0.2, 0.25) is 0 Å². The first-order valence-electron chi connectivity index (χ1n) is 12.1. The average molecular weight is 447 g/mol. The molecule has 2 N–H and O–H groups in total. The molecule has 0 saturated carbocycles. The third-order valence-corrected chi connectivity index (χ3v) is 7.13. The van der Waals surface area contributed by atoms with Gasteiger partial charge in [-0.05, 0) is 74.3 Å². The Morgan fingerprint density at radius 3 is 2.39 bits per heavy atom. The summed E-state index contributed by atoms with van der Waals surface area (Å²) in [4.78, 5) is 27.1. The third-order valence-electron chi connectivity index (χ3n) is 7.13. The zero-order valence-electron chi connectivity index (χ0n) is 19.7. The highest BCUT2D eigenvalue weighted by molar-refractivity contribution is 5.90. The number of anilines is 1. The molecule has 33 heavy (non-hydrogen) atoms. The molecule has 1 amide bonds. The second-order valence-electron chi connectivity index (χ2n) is 9.16. The van der Waals surface area contributed by atoms with Gasteiger partial charge in [0.05, 0.1) is 18.1 Å². The van der Waals surface area contributed by atoms with Crippen molar-refractivity contribution in [1.82, 2.24) is 0 Å². The number of para-hydroxylation sites is 1. The summed E-state index contributed by atoms with van der Waals surface area (Å²) in [5, 5.41) is 0. The lowest BCUT2D eigenvalue weighted by Crippen LogP contribution is -2.34. The molecule has 2 unspecified atom stereocenters. The van der Waals surface area contributed by atoms with Crippen LogP contribution in [0.4, 0.5) is 5.69 Å². The van der Waals surface area contributed by atoms with Crippen molar-refractivity contribution in [3.8, 4) is 0 Å². The van der Waals surface area contributed by atoms with Crippen LogP contribution in [0.25, 0.3) is 0 Å². The van der Waals surface area contributed by atoms with Gasteiger partial charge in [0.1, 0.15) is 0 Å². The van der Waals surface area contributed by atoms with E-state index < -0.39 is 5.92 Å². The van der Waals surface area contributed by atoms with Crippen LogP contribution in [0.5, 0.6) is 0 Å². The van der Waals surface area contributed by atoms with E-state index in [1.54, 1.807) is 30.2 Å². The molecule has 1 heterocycles. The number of primary amides is 1. The van der Waals surface area contributed by atoms with Crippen LogP contribution in [-0.2, 0) is 9.53 Å². The van der Waals surface area contributed by atoms with Crippen LogP contribution < -0.4 is 10.6 Å². The van der Waals surface area contributed by atoms with Crippen molar-refractivity contribution in [1.29, 1.82) is 0 Å². The molecule has 4 rings (SSSR count). The van der Waals surface area contributed by atoms with Gasteiger partial charge in [0.2, 0.25) is 5.91 Å². The molecule has 0 saturated heterocycles. The van der Waals surface area contributed by atoms with Gasteiger partial charge in [0, 0.05) is 18.8 Å². The van der Waals surface area contributed by atoms with Crippen molar-refractivity contribution in [2.75, 3.05) is 24.6 Å². The second kappa shape index (κ2) is 10.2. The molecule has 2 aliphatic rings. The summed E-state index contributed by atoms with van der Waals surface area (Å²) in [7, 11) is 0. The SMILES string of the molecule is CCOC(=O)c1ccc(C(C(N)=O)C(C)c2ccccc2N2CCC3=C(CCCC3)C2)cc1. The van der Waals surface area contributed by atoms with Crippen molar-refractivity contribution in [3.05, 3.63) is 76.4 Å². The van der Waals surface area contributed by atoms with Gasteiger partial charge in [-0.25, -0.2) is 4.79 Å². The van der Waals surface area contributed by atoms with Gasteiger partial charge in [-0.2, -0.15) is 0 Å². The Kier molecular flexibility index (Phi) is 7.17. The number of hydrogen-bond donors (Lipinski definition) is 1. The Bertz CT molecular complexity index is 1040.